The Balaban J connectivity index is 1.88. The van der Waals surface area contributed by atoms with E-state index in [4.69, 9.17) is 16.0 Å². The Morgan fingerprint density at radius 2 is 1.85 bits per heavy atom. The van der Waals surface area contributed by atoms with Crippen LogP contribution in [-0.4, -0.2) is 36.3 Å². The van der Waals surface area contributed by atoms with Crippen LogP contribution in [0.25, 0.3) is 0 Å². The maximum absolute atomic E-state index is 13.4. The van der Waals surface area contributed by atoms with Crippen molar-refractivity contribution in [3.8, 4) is 0 Å². The average molecular weight is 514 g/mol. The van der Waals surface area contributed by atoms with Gasteiger partial charge in [-0.25, -0.2) is 4.98 Å². The molecule has 2 aromatic rings. The Kier molecular flexibility index (Phi) is 7.79. The van der Waals surface area contributed by atoms with Crippen molar-refractivity contribution >= 4 is 25.8 Å². The molecule has 34 heavy (non-hydrogen) atoms. The molecule has 0 saturated heterocycles. The molecule has 3 rings (SSSR count). The van der Waals surface area contributed by atoms with E-state index in [-0.39, 0.29) is 28.7 Å². The first-order chi connectivity index (χ1) is 15.7. The summed E-state index contributed by atoms with van der Waals surface area (Å²) >= 11 is 5.76. The summed E-state index contributed by atoms with van der Waals surface area (Å²) in [6.07, 6.45) is -1.75. The first-order valence-electron chi connectivity index (χ1n) is 11.3. The summed E-state index contributed by atoms with van der Waals surface area (Å²) in [5.41, 5.74) is -0.486. The lowest BCUT2D eigenvalue weighted by Crippen LogP contribution is -2.53. The molecule has 1 saturated carbocycles. The molecule has 0 unspecified atom stereocenters. The van der Waals surface area contributed by atoms with Crippen LogP contribution in [0.1, 0.15) is 67.8 Å². The zero-order valence-corrected chi connectivity index (χ0v) is 21.8. The Labute approximate surface area is 204 Å². The topological polar surface area (TPSA) is 64.1 Å². The number of nitrogens with zero attached hydrogens (tertiary/aromatic N) is 2. The molecule has 1 fully saturated rings. The number of hydrogen-bond acceptors (Lipinski definition) is 4. The molecule has 186 valence electrons. The van der Waals surface area contributed by atoms with Gasteiger partial charge in [-0.15, -0.1) is 0 Å². The highest BCUT2D eigenvalue weighted by atomic mass is 35.5. The number of alkyl halides is 3. The maximum Gasteiger partial charge on any atom is 0.434 e. The molecule has 10 heteroatoms. The Hall–Kier alpha value is -1.97. The maximum atomic E-state index is 13.4. The number of carbonyl (C=O) groups excluding carboxylic acids is 1. The van der Waals surface area contributed by atoms with E-state index in [1.54, 1.807) is 24.4 Å². The molecule has 1 amide bonds. The molecule has 0 aliphatic heterocycles. The molecule has 0 spiro atoms. The van der Waals surface area contributed by atoms with Gasteiger partial charge in [0.25, 0.3) is 5.91 Å². The van der Waals surface area contributed by atoms with Crippen LogP contribution in [0.5, 0.6) is 0 Å². The summed E-state index contributed by atoms with van der Waals surface area (Å²) < 4.78 is 46.8. The van der Waals surface area contributed by atoms with Gasteiger partial charge in [-0.2, -0.15) is 13.2 Å². The summed E-state index contributed by atoms with van der Waals surface area (Å²) in [5.74, 6) is -0.609. The lowest BCUT2D eigenvalue weighted by atomic mass is 9.81. The van der Waals surface area contributed by atoms with Gasteiger partial charge in [0, 0.05) is 17.8 Å². The van der Waals surface area contributed by atoms with Gasteiger partial charge in [-0.05, 0) is 61.7 Å². The Bertz CT molecular complexity index is 1010. The summed E-state index contributed by atoms with van der Waals surface area (Å²) in [5, 5.41) is 2.58. The van der Waals surface area contributed by atoms with Crippen molar-refractivity contribution < 1.29 is 22.4 Å². The number of rotatable bonds is 5. The third kappa shape index (κ3) is 6.17. The highest BCUT2D eigenvalue weighted by Crippen LogP contribution is 2.42. The lowest BCUT2D eigenvalue weighted by Gasteiger charge is -2.44. The highest BCUT2D eigenvalue weighted by molar-refractivity contribution is 6.74. The SMILES string of the molecule is CC(C)(C)[Si](C)(C)O[C@H]1CC[C@H](c2ccc(Cl)c(C(F)(F)F)n2)C[C@@H]1NC(=O)c1ccccn1. The number of hydrogen-bond donors (Lipinski definition) is 1. The standard InChI is InChI=1S/C24H31ClF3N3O2Si/c1-23(2,3)34(4,5)33-20-12-9-15(17-11-10-16(25)21(30-17)24(26,27)28)14-19(20)31-22(32)18-8-6-7-13-29-18/h6-8,10-11,13,15,19-20H,9,12,14H2,1-5H3,(H,31,32)/t15-,19-,20-/m0/s1. The van der Waals surface area contributed by atoms with Crippen molar-refractivity contribution in [3.63, 3.8) is 0 Å². The molecule has 1 N–H and O–H groups in total. The fourth-order valence-corrected chi connectivity index (χ4v) is 5.49. The van der Waals surface area contributed by atoms with E-state index in [1.807, 2.05) is 0 Å². The van der Waals surface area contributed by atoms with Crippen LogP contribution in [0.2, 0.25) is 23.2 Å². The van der Waals surface area contributed by atoms with Crippen molar-refractivity contribution in [2.75, 3.05) is 0 Å². The molecular weight excluding hydrogens is 483 g/mol. The summed E-state index contributed by atoms with van der Waals surface area (Å²) in [6.45, 7) is 10.7. The van der Waals surface area contributed by atoms with Crippen molar-refractivity contribution in [1.82, 2.24) is 15.3 Å². The predicted molar refractivity (Wildman–Crippen MR) is 128 cm³/mol. The first kappa shape index (κ1) is 26.6. The number of pyridine rings is 2. The van der Waals surface area contributed by atoms with Gasteiger partial charge in [0.05, 0.1) is 17.2 Å². The molecule has 3 atom stereocenters. The van der Waals surface area contributed by atoms with Crippen molar-refractivity contribution in [3.05, 3.63) is 58.6 Å². The quantitative estimate of drug-likeness (QED) is 0.457. The third-order valence-electron chi connectivity index (χ3n) is 6.81. The lowest BCUT2D eigenvalue weighted by molar-refractivity contribution is -0.141. The van der Waals surface area contributed by atoms with Crippen LogP contribution in [-0.2, 0) is 10.6 Å². The second kappa shape index (κ2) is 9.95. The predicted octanol–water partition coefficient (Wildman–Crippen LogP) is 6.61. The van der Waals surface area contributed by atoms with E-state index in [0.717, 1.165) is 0 Å². The van der Waals surface area contributed by atoms with E-state index in [2.05, 4.69) is 49.1 Å². The fourth-order valence-electron chi connectivity index (χ4n) is 3.88. The van der Waals surface area contributed by atoms with Gasteiger partial charge < -0.3 is 9.74 Å². The summed E-state index contributed by atoms with van der Waals surface area (Å²) in [4.78, 5) is 20.9. The van der Waals surface area contributed by atoms with E-state index in [1.165, 1.54) is 12.1 Å². The van der Waals surface area contributed by atoms with Crippen LogP contribution in [0, 0.1) is 0 Å². The normalized spacial score (nSPS) is 21.9. The minimum atomic E-state index is -4.64. The number of halogens is 4. The van der Waals surface area contributed by atoms with E-state index in [0.29, 0.717) is 25.0 Å². The molecule has 1 aliphatic rings. The molecule has 0 bridgehead atoms. The van der Waals surface area contributed by atoms with Crippen molar-refractivity contribution in [1.29, 1.82) is 0 Å². The van der Waals surface area contributed by atoms with Gasteiger partial charge >= 0.3 is 6.18 Å². The van der Waals surface area contributed by atoms with Gasteiger partial charge in [-0.3, -0.25) is 9.78 Å². The molecule has 0 aromatic carbocycles. The van der Waals surface area contributed by atoms with Crippen LogP contribution >= 0.6 is 11.6 Å². The molecule has 2 heterocycles. The van der Waals surface area contributed by atoms with Gasteiger partial charge in [0.2, 0.25) is 0 Å². The second-order valence-corrected chi connectivity index (χ2v) is 15.4. The second-order valence-electron chi connectivity index (χ2n) is 10.3. The zero-order valence-electron chi connectivity index (χ0n) is 20.0. The number of carbonyl (C=O) groups is 1. The number of amides is 1. The monoisotopic (exact) mass is 513 g/mol. The average Bonchev–Trinajstić information content (AvgIpc) is 2.74. The van der Waals surface area contributed by atoms with E-state index < -0.39 is 31.3 Å². The Morgan fingerprint density at radius 3 is 2.44 bits per heavy atom. The van der Waals surface area contributed by atoms with E-state index >= 15 is 0 Å². The highest BCUT2D eigenvalue weighted by Gasteiger charge is 2.43. The van der Waals surface area contributed by atoms with Crippen molar-refractivity contribution in [2.45, 2.75) is 82.4 Å². The largest absolute Gasteiger partial charge is 0.434 e. The van der Waals surface area contributed by atoms with Crippen molar-refractivity contribution in [2.24, 2.45) is 0 Å². The van der Waals surface area contributed by atoms with Crippen LogP contribution in [0.4, 0.5) is 13.2 Å². The fraction of sp³-hybridized carbons (Fsp3) is 0.542. The molecular formula is C24H31ClF3N3O2Si. The molecule has 5 nitrogen and oxygen atoms in total. The molecule has 1 aliphatic carbocycles. The van der Waals surface area contributed by atoms with Crippen LogP contribution in [0.15, 0.2) is 36.5 Å². The first-order valence-corrected chi connectivity index (χ1v) is 14.6. The van der Waals surface area contributed by atoms with Gasteiger partial charge in [0.15, 0.2) is 14.0 Å². The molecule has 2 aromatic heterocycles. The zero-order chi connectivity index (χ0) is 25.3. The smallest absolute Gasteiger partial charge is 0.412 e. The van der Waals surface area contributed by atoms with Crippen LogP contribution in [0.3, 0.4) is 0 Å². The summed E-state index contributed by atoms with van der Waals surface area (Å²) in [7, 11) is -2.16. The van der Waals surface area contributed by atoms with Gasteiger partial charge in [0.1, 0.15) is 5.69 Å². The minimum Gasteiger partial charge on any atom is -0.412 e. The summed E-state index contributed by atoms with van der Waals surface area (Å²) in [6, 6.07) is 7.46. The third-order valence-corrected chi connectivity index (χ3v) is 11.6. The van der Waals surface area contributed by atoms with E-state index in [9.17, 15) is 18.0 Å². The number of nitrogens with one attached hydrogen (secondary N) is 1. The van der Waals surface area contributed by atoms with Crippen LogP contribution < -0.4 is 5.32 Å². The molecule has 0 radical (unpaired) electrons. The Morgan fingerprint density at radius 1 is 1.15 bits per heavy atom. The number of aromatic nitrogens is 2. The minimum absolute atomic E-state index is 0.0290. The van der Waals surface area contributed by atoms with Gasteiger partial charge in [-0.1, -0.05) is 38.4 Å².